The number of carboxylic acid groups (broad SMARTS) is 2. The van der Waals surface area contributed by atoms with Gasteiger partial charge in [0.2, 0.25) is 23.6 Å². The van der Waals surface area contributed by atoms with Crippen molar-refractivity contribution in [3.8, 4) is 0 Å². The average Bonchev–Trinajstić information content (AvgIpc) is 4.17. The molecule has 8 atom stereocenters. The van der Waals surface area contributed by atoms with Crippen molar-refractivity contribution in [3.63, 3.8) is 0 Å². The van der Waals surface area contributed by atoms with Crippen LogP contribution >= 0.6 is 0 Å². The number of carboxylic acids is 2. The van der Waals surface area contributed by atoms with Crippen LogP contribution in [0.5, 0.6) is 0 Å². The van der Waals surface area contributed by atoms with E-state index in [1.165, 1.54) is 53.2 Å². The molecule has 8 amide bonds. The van der Waals surface area contributed by atoms with Gasteiger partial charge in [0, 0.05) is 104 Å². The van der Waals surface area contributed by atoms with Gasteiger partial charge in [0.15, 0.2) is 5.78 Å². The van der Waals surface area contributed by atoms with Gasteiger partial charge in [0.25, 0.3) is 23.6 Å². The molecule has 1 aromatic carbocycles. The molecule has 0 saturated carbocycles. The highest BCUT2D eigenvalue weighted by Gasteiger charge is 2.44. The molecule has 3 N–H and O–H groups in total. The number of imide groups is 2. The smallest absolute Gasteiger partial charge is 0.326 e. The molecule has 0 unspecified atom stereocenters. The number of hydrogen-bond acceptors (Lipinski definition) is 13. The number of nitrogens with one attached hydrogen (secondary N) is 1. The fraction of sp³-hybridized carbons (Fsp3) is 0.650. The third kappa shape index (κ3) is 20.1. The first kappa shape index (κ1) is 68.7. The third-order valence-electron chi connectivity index (χ3n) is 16.2. The Bertz CT molecular complexity index is 2370. The number of likely N-dealkylation sites (N-methyl/N-ethyl adjacent to an activating group) is 2. The highest BCUT2D eigenvalue weighted by Crippen LogP contribution is 2.32. The van der Waals surface area contributed by atoms with Crippen LogP contribution in [-0.2, 0) is 68.6 Å². The summed E-state index contributed by atoms with van der Waals surface area (Å²) in [6, 6.07) is 6.88. The summed E-state index contributed by atoms with van der Waals surface area (Å²) >= 11 is 0. The molecule has 4 rings (SSSR count). The average molecular weight is 1140 g/mol. The third-order valence-corrected chi connectivity index (χ3v) is 16.2. The van der Waals surface area contributed by atoms with Gasteiger partial charge < -0.3 is 39.7 Å². The molecule has 450 valence electrons. The lowest BCUT2D eigenvalue weighted by Crippen LogP contribution is -2.55. The van der Waals surface area contributed by atoms with Crippen LogP contribution < -0.4 is 5.32 Å². The SMILES string of the molecule is CC[C@H](C)[C@@H]([C@@H](CC(=O)N1CCC[C@H]1[C@H](OC)[C@@H](C)C(=O)N[C@@H](Cc1ccccc1)C(=O)O)OC)N(C)C(=O)[C@@H](CC(=O)C(C)(C)N(C)C(=O)CCCCCCN1C(=O)C=CC1=O)C(C)C.O=C(O)CCCCCN1C(=O)C=CC1=O. The first-order valence-corrected chi connectivity index (χ1v) is 28.5. The minimum atomic E-state index is -1.20. The van der Waals surface area contributed by atoms with Gasteiger partial charge in [0.1, 0.15) is 6.04 Å². The number of aliphatic carboxylic acids is 2. The molecule has 1 saturated heterocycles. The Morgan fingerprint density at radius 1 is 0.741 bits per heavy atom. The summed E-state index contributed by atoms with van der Waals surface area (Å²) in [5.74, 6) is -6.44. The molecule has 3 aliphatic rings. The molecule has 0 bridgehead atoms. The maximum absolute atomic E-state index is 14.6. The van der Waals surface area contributed by atoms with Crippen LogP contribution in [0.4, 0.5) is 0 Å². The van der Waals surface area contributed by atoms with E-state index < -0.39 is 65.6 Å². The molecule has 1 fully saturated rings. The number of rotatable bonds is 34. The maximum atomic E-state index is 14.6. The van der Waals surface area contributed by atoms with E-state index in [2.05, 4.69) is 5.32 Å². The number of ketones is 1. The van der Waals surface area contributed by atoms with E-state index in [1.54, 1.807) is 68.9 Å². The van der Waals surface area contributed by atoms with Crippen LogP contribution in [0.15, 0.2) is 54.6 Å². The lowest BCUT2D eigenvalue weighted by atomic mass is 9.82. The van der Waals surface area contributed by atoms with Crippen molar-refractivity contribution >= 4 is 65.0 Å². The summed E-state index contributed by atoms with van der Waals surface area (Å²) in [4.78, 5) is 145. The first-order valence-electron chi connectivity index (χ1n) is 28.5. The number of amides is 8. The monoisotopic (exact) mass is 1130 g/mol. The van der Waals surface area contributed by atoms with Crippen LogP contribution in [0.3, 0.4) is 0 Å². The van der Waals surface area contributed by atoms with Gasteiger partial charge in [-0.3, -0.25) is 57.7 Å². The zero-order valence-electron chi connectivity index (χ0n) is 49.6. The predicted molar refractivity (Wildman–Crippen MR) is 302 cm³/mol. The molecule has 0 aromatic heterocycles. The second-order valence-corrected chi connectivity index (χ2v) is 22.4. The quantitative estimate of drug-likeness (QED) is 0.0558. The summed E-state index contributed by atoms with van der Waals surface area (Å²) < 4.78 is 11.9. The standard InChI is InChI=1S/C50H77N5O11.C10H13NO4/c1-12-33(4)45(39(65-10)31-44(60)54-28-20-23-38(54)46(66-11)34(5)47(61)51-37(49(63)64)29-35-21-16-15-17-22-35)52(8)48(62)36(32(2)3)30-40(56)50(6,7)53(9)41(57)24-18-13-14-19-27-55-42(58)25-26-43(55)59;12-8-5-6-9(13)11(8)7-3-1-2-4-10(14)15/h15-17,21-22,25-26,32-34,36-39,45-46H,12-14,18-20,23-24,27-31H2,1-11H3,(H,51,61)(H,63,64);5-6H,1-4,7H2,(H,14,15)/t33-,34+,36-,37-,38-,39+,45-,46+;/m0./s1. The lowest BCUT2D eigenvalue weighted by molar-refractivity contribution is -0.150. The number of likely N-dealkylation sites (tertiary alicyclic amines) is 1. The van der Waals surface area contributed by atoms with Gasteiger partial charge in [-0.15, -0.1) is 0 Å². The maximum Gasteiger partial charge on any atom is 0.326 e. The van der Waals surface area contributed by atoms with Crippen molar-refractivity contribution in [2.45, 2.75) is 181 Å². The molecule has 0 aliphatic carbocycles. The lowest BCUT2D eigenvalue weighted by Gasteiger charge is -2.41. The Kier molecular flexibility index (Phi) is 28.3. The van der Waals surface area contributed by atoms with Crippen LogP contribution in [0.1, 0.15) is 144 Å². The number of carbonyl (C=O) groups excluding carboxylic acids is 9. The summed E-state index contributed by atoms with van der Waals surface area (Å²) in [5.41, 5.74) is -0.433. The molecule has 0 spiro atoms. The summed E-state index contributed by atoms with van der Waals surface area (Å²) in [5, 5.41) is 21.0. The number of benzene rings is 1. The Morgan fingerprint density at radius 3 is 1.77 bits per heavy atom. The van der Waals surface area contributed by atoms with E-state index in [9.17, 15) is 57.8 Å². The molecular formula is C60H90N6O15. The van der Waals surface area contributed by atoms with E-state index in [-0.39, 0.29) is 91.1 Å². The Hall–Kier alpha value is -6.61. The molecule has 21 nitrogen and oxygen atoms in total. The topological polar surface area (TPSA) is 275 Å². The van der Waals surface area contributed by atoms with E-state index in [4.69, 9.17) is 14.6 Å². The Labute approximate surface area is 478 Å². The number of methoxy groups -OCH3 is 2. The Morgan fingerprint density at radius 2 is 1.27 bits per heavy atom. The predicted octanol–water partition coefficient (Wildman–Crippen LogP) is 5.62. The minimum absolute atomic E-state index is 0.0602. The number of nitrogens with zero attached hydrogens (tertiary/aromatic N) is 5. The van der Waals surface area contributed by atoms with Crippen LogP contribution in [0.25, 0.3) is 0 Å². The van der Waals surface area contributed by atoms with Crippen molar-refractivity contribution in [1.82, 2.24) is 29.8 Å². The largest absolute Gasteiger partial charge is 0.481 e. The van der Waals surface area contributed by atoms with E-state index in [0.717, 1.165) is 18.4 Å². The van der Waals surface area contributed by atoms with Crippen LogP contribution in [0.2, 0.25) is 0 Å². The molecule has 0 radical (unpaired) electrons. The minimum Gasteiger partial charge on any atom is -0.481 e. The first-order chi connectivity index (χ1) is 38.2. The number of Topliss-reactive ketones (excluding diaryl/α,β-unsaturated/α-hetero) is 1. The normalized spacial score (nSPS) is 17.8. The van der Waals surface area contributed by atoms with Gasteiger partial charge in [-0.05, 0) is 69.8 Å². The zero-order chi connectivity index (χ0) is 60.7. The van der Waals surface area contributed by atoms with Gasteiger partial charge in [-0.1, -0.05) is 90.6 Å². The van der Waals surface area contributed by atoms with Crippen LogP contribution in [0, 0.1) is 23.7 Å². The van der Waals surface area contributed by atoms with E-state index in [1.807, 2.05) is 33.8 Å². The molecule has 3 heterocycles. The molecule has 3 aliphatic heterocycles. The fourth-order valence-electron chi connectivity index (χ4n) is 10.6. The molecule has 81 heavy (non-hydrogen) atoms. The van der Waals surface area contributed by atoms with Crippen molar-refractivity contribution in [2.75, 3.05) is 47.9 Å². The van der Waals surface area contributed by atoms with E-state index in [0.29, 0.717) is 71.0 Å². The van der Waals surface area contributed by atoms with Crippen molar-refractivity contribution < 1.29 is 72.4 Å². The number of hydrogen-bond donors (Lipinski definition) is 3. The second-order valence-electron chi connectivity index (χ2n) is 22.4. The molecular weight excluding hydrogens is 1040 g/mol. The van der Waals surface area contributed by atoms with Gasteiger partial charge in [-0.25, -0.2) is 4.79 Å². The summed E-state index contributed by atoms with van der Waals surface area (Å²) in [6.07, 6.45) is 10.4. The Balaban J connectivity index is 0.000000988. The van der Waals surface area contributed by atoms with Crippen molar-refractivity contribution in [1.29, 1.82) is 0 Å². The number of ether oxygens (including phenoxy) is 2. The number of carbonyl (C=O) groups is 11. The highest BCUT2D eigenvalue weighted by atomic mass is 16.5. The van der Waals surface area contributed by atoms with E-state index >= 15 is 0 Å². The van der Waals surface area contributed by atoms with Gasteiger partial charge in [0.05, 0.1) is 42.2 Å². The highest BCUT2D eigenvalue weighted by molar-refractivity contribution is 6.13. The van der Waals surface area contributed by atoms with Crippen molar-refractivity contribution in [2.24, 2.45) is 23.7 Å². The fourth-order valence-corrected chi connectivity index (χ4v) is 10.6. The zero-order valence-corrected chi connectivity index (χ0v) is 49.6. The summed E-state index contributed by atoms with van der Waals surface area (Å²) in [7, 11) is 6.29. The molecule has 21 heteroatoms. The van der Waals surface area contributed by atoms with Crippen molar-refractivity contribution in [3.05, 3.63) is 60.2 Å². The number of unbranched alkanes of at least 4 members (excludes halogenated alkanes) is 5. The molecule has 1 aromatic rings. The van der Waals surface area contributed by atoms with Gasteiger partial charge in [-0.2, -0.15) is 0 Å². The second kappa shape index (κ2) is 33.3. The van der Waals surface area contributed by atoms with Gasteiger partial charge >= 0.3 is 11.9 Å². The summed E-state index contributed by atoms with van der Waals surface area (Å²) in [6.45, 7) is 14.0. The van der Waals surface area contributed by atoms with Crippen LogP contribution in [-0.4, -0.2) is 184 Å².